The average molecular weight is 319 g/mol. The molecule has 0 aromatic heterocycles. The maximum Gasteiger partial charge on any atom is 0.416 e. The van der Waals surface area contributed by atoms with Crippen LogP contribution in [0.4, 0.5) is 13.2 Å². The van der Waals surface area contributed by atoms with E-state index in [4.69, 9.17) is 0 Å². The molecule has 2 unspecified atom stereocenters. The number of alkyl halides is 3. The van der Waals surface area contributed by atoms with E-state index in [2.05, 4.69) is 5.32 Å². The first-order valence-corrected chi connectivity index (χ1v) is 8.19. The van der Waals surface area contributed by atoms with Crippen molar-refractivity contribution in [3.8, 4) is 0 Å². The number of halogens is 3. The molecule has 2 nitrogen and oxygen atoms in total. The first kappa shape index (κ1) is 16.6. The zero-order valence-corrected chi connectivity index (χ0v) is 12.5. The highest BCUT2D eigenvalue weighted by Gasteiger charge is 2.30. The van der Waals surface area contributed by atoms with E-state index in [-0.39, 0.29) is 0 Å². The van der Waals surface area contributed by atoms with Gasteiger partial charge < -0.3 is 10.4 Å². The summed E-state index contributed by atoms with van der Waals surface area (Å²) in [6.07, 6.45) is -1.40. The fraction of sp³-hybridized carbons (Fsp3) is 0.600. The van der Waals surface area contributed by atoms with Crippen LogP contribution in [-0.2, 0) is 6.18 Å². The summed E-state index contributed by atoms with van der Waals surface area (Å²) in [4.78, 5) is 0. The van der Waals surface area contributed by atoms with Crippen LogP contribution < -0.4 is 5.32 Å². The van der Waals surface area contributed by atoms with E-state index < -0.39 is 17.8 Å². The van der Waals surface area contributed by atoms with Crippen LogP contribution in [0.1, 0.15) is 36.5 Å². The molecule has 1 aromatic rings. The third-order valence-corrected chi connectivity index (χ3v) is 5.00. The lowest BCUT2D eigenvalue weighted by Gasteiger charge is -2.22. The first-order valence-electron chi connectivity index (χ1n) is 7.14. The Bertz CT molecular complexity index is 430. The number of hydrogen-bond acceptors (Lipinski definition) is 3. The number of nitrogens with one attached hydrogen (secondary N) is 1. The molecule has 0 saturated carbocycles. The molecule has 2 atom stereocenters. The van der Waals surface area contributed by atoms with E-state index in [1.54, 1.807) is 0 Å². The largest absolute Gasteiger partial charge is 0.416 e. The van der Waals surface area contributed by atoms with Gasteiger partial charge in [0.15, 0.2) is 0 Å². The van der Waals surface area contributed by atoms with Gasteiger partial charge in [-0.3, -0.25) is 0 Å². The molecule has 0 amide bonds. The smallest absolute Gasteiger partial charge is 0.387 e. The number of aliphatic hydroxyl groups excluding tert-OH is 1. The minimum Gasteiger partial charge on any atom is -0.387 e. The van der Waals surface area contributed by atoms with Crippen molar-refractivity contribution < 1.29 is 18.3 Å². The molecule has 1 aliphatic rings. The van der Waals surface area contributed by atoms with Crippen LogP contribution in [0.25, 0.3) is 0 Å². The lowest BCUT2D eigenvalue weighted by Crippen LogP contribution is -2.30. The Balaban J connectivity index is 1.78. The quantitative estimate of drug-likeness (QED) is 0.869. The summed E-state index contributed by atoms with van der Waals surface area (Å²) in [7, 11) is 0. The predicted molar refractivity (Wildman–Crippen MR) is 79.4 cm³/mol. The summed E-state index contributed by atoms with van der Waals surface area (Å²) < 4.78 is 37.4. The minimum absolute atomic E-state index is 0.364. The molecule has 118 valence electrons. The lowest BCUT2D eigenvalue weighted by atomic mass is 10.1. The Morgan fingerprint density at radius 2 is 1.95 bits per heavy atom. The molecule has 0 aliphatic carbocycles. The Morgan fingerprint density at radius 1 is 1.24 bits per heavy atom. The normalized spacial score (nSPS) is 21.2. The van der Waals surface area contributed by atoms with Gasteiger partial charge in [0.05, 0.1) is 11.7 Å². The molecule has 1 fully saturated rings. The lowest BCUT2D eigenvalue weighted by molar-refractivity contribution is -0.137. The van der Waals surface area contributed by atoms with Gasteiger partial charge in [-0.1, -0.05) is 18.6 Å². The number of rotatable bonds is 5. The van der Waals surface area contributed by atoms with Gasteiger partial charge in [-0.15, -0.1) is 0 Å². The second kappa shape index (κ2) is 7.51. The van der Waals surface area contributed by atoms with Gasteiger partial charge >= 0.3 is 6.18 Å². The van der Waals surface area contributed by atoms with E-state index >= 15 is 0 Å². The van der Waals surface area contributed by atoms with E-state index in [1.807, 2.05) is 11.8 Å². The molecular weight excluding hydrogens is 299 g/mol. The number of hydrogen-bond donors (Lipinski definition) is 2. The van der Waals surface area contributed by atoms with Crippen LogP contribution in [0.5, 0.6) is 0 Å². The minimum atomic E-state index is -4.33. The van der Waals surface area contributed by atoms with Gasteiger partial charge in [0, 0.05) is 18.3 Å². The standard InChI is InChI=1S/C15H20F3NOS/c16-15(17,18)12-6-4-11(5-7-12)14(20)10-19-9-13-3-1-2-8-21-13/h4-7,13-14,19-20H,1-3,8-10H2. The molecule has 2 N–H and O–H groups in total. The van der Waals surface area contributed by atoms with E-state index in [0.29, 0.717) is 17.4 Å². The summed E-state index contributed by atoms with van der Waals surface area (Å²) in [5.41, 5.74) is -0.184. The topological polar surface area (TPSA) is 32.3 Å². The number of benzene rings is 1. The van der Waals surface area contributed by atoms with Gasteiger partial charge in [0.2, 0.25) is 0 Å². The van der Waals surface area contributed by atoms with E-state index in [9.17, 15) is 18.3 Å². The summed E-state index contributed by atoms with van der Waals surface area (Å²) >= 11 is 1.95. The van der Waals surface area contributed by atoms with Crippen molar-refractivity contribution in [3.63, 3.8) is 0 Å². The van der Waals surface area contributed by atoms with Crippen LogP contribution in [0, 0.1) is 0 Å². The maximum atomic E-state index is 12.5. The van der Waals surface area contributed by atoms with Crippen molar-refractivity contribution in [1.82, 2.24) is 5.32 Å². The Kier molecular flexibility index (Phi) is 5.96. The van der Waals surface area contributed by atoms with Crippen molar-refractivity contribution in [2.24, 2.45) is 0 Å². The van der Waals surface area contributed by atoms with Crippen molar-refractivity contribution in [2.75, 3.05) is 18.8 Å². The molecule has 2 rings (SSSR count). The SMILES string of the molecule is OC(CNCC1CCCCS1)c1ccc(C(F)(F)F)cc1. The van der Waals surface area contributed by atoms with Crippen LogP contribution in [0.2, 0.25) is 0 Å². The van der Waals surface area contributed by atoms with Gasteiger partial charge in [-0.25, -0.2) is 0 Å². The van der Waals surface area contributed by atoms with Gasteiger partial charge in [0.25, 0.3) is 0 Å². The van der Waals surface area contributed by atoms with Crippen LogP contribution >= 0.6 is 11.8 Å². The molecule has 0 spiro atoms. The monoisotopic (exact) mass is 319 g/mol. The molecular formula is C15H20F3NOS. The zero-order chi connectivity index (χ0) is 15.3. The number of aliphatic hydroxyl groups is 1. The highest BCUT2D eigenvalue weighted by molar-refractivity contribution is 7.99. The summed E-state index contributed by atoms with van der Waals surface area (Å²) in [5.74, 6) is 1.19. The second-order valence-corrected chi connectivity index (χ2v) is 6.69. The highest BCUT2D eigenvalue weighted by Crippen LogP contribution is 2.30. The third-order valence-electron chi connectivity index (χ3n) is 3.61. The molecule has 21 heavy (non-hydrogen) atoms. The molecule has 1 heterocycles. The first-order chi connectivity index (χ1) is 9.97. The predicted octanol–water partition coefficient (Wildman–Crippen LogP) is 3.61. The van der Waals surface area contributed by atoms with Gasteiger partial charge in [-0.2, -0.15) is 24.9 Å². The van der Waals surface area contributed by atoms with Crippen LogP contribution in [0.15, 0.2) is 24.3 Å². The Labute approximate surface area is 127 Å². The van der Waals surface area contributed by atoms with Gasteiger partial charge in [-0.05, 0) is 36.3 Å². The fourth-order valence-electron chi connectivity index (χ4n) is 2.36. The zero-order valence-electron chi connectivity index (χ0n) is 11.7. The van der Waals surface area contributed by atoms with E-state index in [0.717, 1.165) is 18.7 Å². The molecule has 6 heteroatoms. The van der Waals surface area contributed by atoms with Crippen LogP contribution in [0.3, 0.4) is 0 Å². The van der Waals surface area contributed by atoms with Gasteiger partial charge in [0.1, 0.15) is 0 Å². The molecule has 1 aliphatic heterocycles. The third kappa shape index (κ3) is 5.20. The maximum absolute atomic E-state index is 12.5. The summed E-state index contributed by atoms with van der Waals surface area (Å²) in [5, 5.41) is 13.8. The van der Waals surface area contributed by atoms with Crippen molar-refractivity contribution in [1.29, 1.82) is 0 Å². The van der Waals surface area contributed by atoms with Crippen molar-refractivity contribution >= 4 is 11.8 Å². The molecule has 1 aromatic carbocycles. The van der Waals surface area contributed by atoms with Crippen LogP contribution in [-0.4, -0.2) is 29.2 Å². The van der Waals surface area contributed by atoms with Crippen molar-refractivity contribution in [3.05, 3.63) is 35.4 Å². The molecule has 0 bridgehead atoms. The number of thioether (sulfide) groups is 1. The Morgan fingerprint density at radius 3 is 2.52 bits per heavy atom. The second-order valence-electron chi connectivity index (χ2n) is 5.28. The summed E-state index contributed by atoms with van der Waals surface area (Å²) in [6, 6.07) is 4.69. The molecule has 1 saturated heterocycles. The Hall–Kier alpha value is -0.720. The average Bonchev–Trinajstić information content (AvgIpc) is 2.47. The highest BCUT2D eigenvalue weighted by atomic mass is 32.2. The molecule has 0 radical (unpaired) electrons. The van der Waals surface area contributed by atoms with Crippen molar-refractivity contribution in [2.45, 2.75) is 36.8 Å². The summed E-state index contributed by atoms with van der Waals surface area (Å²) in [6.45, 7) is 1.20. The van der Waals surface area contributed by atoms with E-state index in [1.165, 1.54) is 37.1 Å². The fourth-order valence-corrected chi connectivity index (χ4v) is 3.63.